The molecule has 0 aromatic heterocycles. The Labute approximate surface area is 72.9 Å². The molecule has 0 spiro atoms. The molecule has 0 aromatic carbocycles. The van der Waals surface area contributed by atoms with E-state index in [0.29, 0.717) is 0 Å². The Kier molecular flexibility index (Phi) is 2.92. The molecule has 0 aliphatic heterocycles. The molecule has 1 saturated carbocycles. The van der Waals surface area contributed by atoms with Crippen LogP contribution in [0.4, 0.5) is 4.79 Å². The summed E-state index contributed by atoms with van der Waals surface area (Å²) in [5.74, 6) is 4.99. The van der Waals surface area contributed by atoms with Gasteiger partial charge in [-0.25, -0.2) is 10.6 Å². The quantitative estimate of drug-likeness (QED) is 0.311. The van der Waals surface area contributed by atoms with Gasteiger partial charge in [-0.1, -0.05) is 19.3 Å². The van der Waals surface area contributed by atoms with Crippen LogP contribution in [0.2, 0.25) is 0 Å². The molecule has 0 saturated heterocycles. The molecule has 2 amide bonds. The van der Waals surface area contributed by atoms with E-state index in [9.17, 15) is 4.79 Å². The lowest BCUT2D eigenvalue weighted by Crippen LogP contribution is -2.52. The Morgan fingerprint density at radius 2 is 1.92 bits per heavy atom. The molecule has 0 unspecified atom stereocenters. The molecule has 0 aromatic rings. The topological polar surface area (TPSA) is 67.2 Å². The summed E-state index contributed by atoms with van der Waals surface area (Å²) in [4.78, 5) is 10.9. The minimum absolute atomic E-state index is 0.0400. The van der Waals surface area contributed by atoms with E-state index in [2.05, 4.69) is 17.7 Å². The maximum Gasteiger partial charge on any atom is 0.329 e. The monoisotopic (exact) mass is 171 g/mol. The molecule has 1 fully saturated rings. The minimum atomic E-state index is -0.278. The molecular formula is C8H17N3O. The van der Waals surface area contributed by atoms with Crippen LogP contribution in [0.3, 0.4) is 0 Å². The second-order valence-electron chi connectivity index (χ2n) is 3.72. The van der Waals surface area contributed by atoms with Crippen LogP contribution in [0.5, 0.6) is 0 Å². The van der Waals surface area contributed by atoms with Gasteiger partial charge in [0, 0.05) is 5.54 Å². The molecule has 1 rings (SSSR count). The summed E-state index contributed by atoms with van der Waals surface area (Å²) in [6.45, 7) is 2.07. The number of amides is 2. The Morgan fingerprint density at radius 3 is 2.42 bits per heavy atom. The molecule has 0 atom stereocenters. The van der Waals surface area contributed by atoms with Crippen molar-refractivity contribution in [2.75, 3.05) is 0 Å². The van der Waals surface area contributed by atoms with E-state index in [1.54, 1.807) is 0 Å². The first kappa shape index (κ1) is 9.32. The van der Waals surface area contributed by atoms with Crippen LogP contribution in [0, 0.1) is 0 Å². The number of nitrogens with one attached hydrogen (secondary N) is 2. The summed E-state index contributed by atoms with van der Waals surface area (Å²) in [6, 6.07) is -0.278. The Bertz CT molecular complexity index is 164. The smallest absolute Gasteiger partial charge is 0.329 e. The van der Waals surface area contributed by atoms with E-state index >= 15 is 0 Å². The molecule has 4 N–H and O–H groups in total. The third-order valence-electron chi connectivity index (χ3n) is 2.50. The Morgan fingerprint density at radius 1 is 1.33 bits per heavy atom. The van der Waals surface area contributed by atoms with Gasteiger partial charge in [0.25, 0.3) is 0 Å². The van der Waals surface area contributed by atoms with Crippen molar-refractivity contribution in [2.24, 2.45) is 5.84 Å². The molecule has 1 aliphatic carbocycles. The fourth-order valence-electron chi connectivity index (χ4n) is 1.77. The predicted octanol–water partition coefficient (Wildman–Crippen LogP) is 0.882. The number of hydrogen-bond acceptors (Lipinski definition) is 2. The van der Waals surface area contributed by atoms with E-state index in [1.807, 2.05) is 0 Å². The number of nitrogens with two attached hydrogens (primary N) is 1. The van der Waals surface area contributed by atoms with E-state index in [-0.39, 0.29) is 11.6 Å². The first-order valence-corrected chi connectivity index (χ1v) is 4.45. The molecular weight excluding hydrogens is 154 g/mol. The number of hydrazine groups is 1. The zero-order valence-corrected chi connectivity index (χ0v) is 7.52. The first-order valence-electron chi connectivity index (χ1n) is 4.45. The lowest BCUT2D eigenvalue weighted by Gasteiger charge is -2.34. The largest absolute Gasteiger partial charge is 0.332 e. The number of rotatable bonds is 1. The average Bonchev–Trinajstić information content (AvgIpc) is 2.05. The molecule has 12 heavy (non-hydrogen) atoms. The zero-order chi connectivity index (χ0) is 9.03. The molecule has 1 aliphatic rings. The van der Waals surface area contributed by atoms with Crippen LogP contribution < -0.4 is 16.6 Å². The van der Waals surface area contributed by atoms with E-state index in [4.69, 9.17) is 5.84 Å². The van der Waals surface area contributed by atoms with Crippen molar-refractivity contribution in [2.45, 2.75) is 44.6 Å². The van der Waals surface area contributed by atoms with Crippen molar-refractivity contribution in [1.82, 2.24) is 10.7 Å². The van der Waals surface area contributed by atoms with Crippen LogP contribution in [-0.2, 0) is 0 Å². The number of carbonyl (C=O) groups excluding carboxylic acids is 1. The molecule has 0 radical (unpaired) electrons. The molecule has 70 valence electrons. The highest BCUT2D eigenvalue weighted by atomic mass is 16.2. The second kappa shape index (κ2) is 3.76. The van der Waals surface area contributed by atoms with Crippen LogP contribution in [-0.4, -0.2) is 11.6 Å². The Balaban J connectivity index is 2.41. The summed E-state index contributed by atoms with van der Waals surface area (Å²) in [7, 11) is 0. The van der Waals surface area contributed by atoms with Crippen LogP contribution in [0.1, 0.15) is 39.0 Å². The van der Waals surface area contributed by atoms with E-state index < -0.39 is 0 Å². The van der Waals surface area contributed by atoms with Gasteiger partial charge in [-0.05, 0) is 19.8 Å². The normalized spacial score (nSPS) is 21.5. The highest BCUT2D eigenvalue weighted by Gasteiger charge is 2.27. The van der Waals surface area contributed by atoms with Crippen molar-refractivity contribution in [1.29, 1.82) is 0 Å². The van der Waals surface area contributed by atoms with Crippen molar-refractivity contribution < 1.29 is 4.79 Å². The predicted molar refractivity (Wildman–Crippen MR) is 47.3 cm³/mol. The highest BCUT2D eigenvalue weighted by Crippen LogP contribution is 2.27. The standard InChI is InChI=1S/C8H17N3O/c1-8(10-7(12)11-9)5-3-2-4-6-8/h2-6,9H2,1H3,(H2,10,11,12). The number of hydrogen-bond donors (Lipinski definition) is 3. The van der Waals surface area contributed by atoms with Crippen LogP contribution >= 0.6 is 0 Å². The molecule has 0 bridgehead atoms. The zero-order valence-electron chi connectivity index (χ0n) is 7.52. The third-order valence-corrected chi connectivity index (χ3v) is 2.50. The van der Waals surface area contributed by atoms with Crippen molar-refractivity contribution in [3.8, 4) is 0 Å². The van der Waals surface area contributed by atoms with Gasteiger partial charge in [0.2, 0.25) is 0 Å². The third kappa shape index (κ3) is 2.37. The summed E-state index contributed by atoms with van der Waals surface area (Å²) >= 11 is 0. The highest BCUT2D eigenvalue weighted by molar-refractivity contribution is 5.73. The van der Waals surface area contributed by atoms with Crippen LogP contribution in [0.15, 0.2) is 0 Å². The van der Waals surface area contributed by atoms with Gasteiger partial charge in [0.05, 0.1) is 0 Å². The van der Waals surface area contributed by atoms with Gasteiger partial charge >= 0.3 is 6.03 Å². The van der Waals surface area contributed by atoms with Crippen LogP contribution in [0.25, 0.3) is 0 Å². The SMILES string of the molecule is CC1(NC(=O)NN)CCCCC1. The summed E-state index contributed by atoms with van der Waals surface area (Å²) < 4.78 is 0. The fraction of sp³-hybridized carbons (Fsp3) is 0.875. The Hall–Kier alpha value is -0.770. The summed E-state index contributed by atoms with van der Waals surface area (Å²) in [6.07, 6.45) is 5.78. The van der Waals surface area contributed by atoms with Gasteiger partial charge in [-0.3, -0.25) is 5.43 Å². The van der Waals surface area contributed by atoms with E-state index in [1.165, 1.54) is 19.3 Å². The lowest BCUT2D eigenvalue weighted by atomic mass is 9.83. The van der Waals surface area contributed by atoms with E-state index in [0.717, 1.165) is 12.8 Å². The number of urea groups is 1. The lowest BCUT2D eigenvalue weighted by molar-refractivity contribution is 0.211. The molecule has 4 nitrogen and oxygen atoms in total. The molecule has 0 heterocycles. The van der Waals surface area contributed by atoms with Gasteiger partial charge in [-0.2, -0.15) is 0 Å². The minimum Gasteiger partial charge on any atom is -0.332 e. The summed E-state index contributed by atoms with van der Waals surface area (Å²) in [5, 5.41) is 2.87. The average molecular weight is 171 g/mol. The van der Waals surface area contributed by atoms with Crippen molar-refractivity contribution in [3.05, 3.63) is 0 Å². The van der Waals surface area contributed by atoms with Gasteiger partial charge < -0.3 is 5.32 Å². The first-order chi connectivity index (χ1) is 5.66. The maximum atomic E-state index is 10.9. The van der Waals surface area contributed by atoms with Gasteiger partial charge in [-0.15, -0.1) is 0 Å². The van der Waals surface area contributed by atoms with Gasteiger partial charge in [0.15, 0.2) is 0 Å². The molecule has 4 heteroatoms. The maximum absolute atomic E-state index is 10.9. The van der Waals surface area contributed by atoms with Crippen molar-refractivity contribution in [3.63, 3.8) is 0 Å². The fourth-order valence-corrected chi connectivity index (χ4v) is 1.77. The van der Waals surface area contributed by atoms with Crippen molar-refractivity contribution >= 4 is 6.03 Å². The second-order valence-corrected chi connectivity index (χ2v) is 3.72. The number of carbonyl (C=O) groups is 1. The summed E-state index contributed by atoms with van der Waals surface area (Å²) in [5.41, 5.74) is 2.05. The van der Waals surface area contributed by atoms with Gasteiger partial charge in [0.1, 0.15) is 0 Å².